The quantitative estimate of drug-likeness (QED) is 0.513. The van der Waals surface area contributed by atoms with Crippen molar-refractivity contribution in [1.82, 2.24) is 15.0 Å². The third-order valence-corrected chi connectivity index (χ3v) is 2.72. The normalized spacial score (nSPS) is 11.0. The Kier molecular flexibility index (Phi) is 6.52. The first-order valence-corrected chi connectivity index (χ1v) is 7.56. The molecule has 7 nitrogen and oxygen atoms in total. The molecule has 0 saturated heterocycles. The molecule has 0 aliphatic carbocycles. The second-order valence-electron chi connectivity index (χ2n) is 4.53. The standard InChI is InChI=1S/C16H21N7/c1-3-17-14-20-15(18-4-2)22-16(21-14)23-19-12-8-11-13-9-6-5-7-10-13/h5-12H,3-4H2,1-2H3,(H3,17,18,20,21,22,23)/b11-8+,19-12+. The average Bonchev–Trinajstić information content (AvgIpc) is 2.56. The first-order chi connectivity index (χ1) is 11.3. The van der Waals surface area contributed by atoms with Crippen molar-refractivity contribution < 1.29 is 0 Å². The zero-order valence-electron chi connectivity index (χ0n) is 13.3. The Labute approximate surface area is 136 Å². The summed E-state index contributed by atoms with van der Waals surface area (Å²) in [4.78, 5) is 12.7. The second-order valence-corrected chi connectivity index (χ2v) is 4.53. The summed E-state index contributed by atoms with van der Waals surface area (Å²) in [6, 6.07) is 10.0. The molecule has 0 aliphatic rings. The highest BCUT2D eigenvalue weighted by Crippen LogP contribution is 2.08. The van der Waals surface area contributed by atoms with Crippen molar-refractivity contribution in [2.75, 3.05) is 29.1 Å². The molecule has 0 aliphatic heterocycles. The SMILES string of the molecule is CCNc1nc(NCC)nc(N/N=C/C=C/c2ccccc2)n1. The highest BCUT2D eigenvalue weighted by molar-refractivity contribution is 5.78. The third-order valence-electron chi connectivity index (χ3n) is 2.72. The van der Waals surface area contributed by atoms with Gasteiger partial charge in [0.25, 0.3) is 0 Å². The third kappa shape index (κ3) is 5.74. The molecule has 0 unspecified atom stereocenters. The fourth-order valence-corrected chi connectivity index (χ4v) is 1.76. The molecular weight excluding hydrogens is 290 g/mol. The van der Waals surface area contributed by atoms with Crippen molar-refractivity contribution in [3.05, 3.63) is 42.0 Å². The average molecular weight is 311 g/mol. The zero-order chi connectivity index (χ0) is 16.3. The number of nitrogens with one attached hydrogen (secondary N) is 3. The van der Waals surface area contributed by atoms with Crippen LogP contribution in [0.5, 0.6) is 0 Å². The van der Waals surface area contributed by atoms with Gasteiger partial charge in [0.05, 0.1) is 0 Å². The molecule has 0 spiro atoms. The van der Waals surface area contributed by atoms with E-state index in [1.807, 2.05) is 56.3 Å². The van der Waals surface area contributed by atoms with Crippen LogP contribution in [0.4, 0.5) is 17.8 Å². The van der Waals surface area contributed by atoms with E-state index in [0.29, 0.717) is 17.8 Å². The molecule has 120 valence electrons. The Balaban J connectivity index is 1.98. The maximum Gasteiger partial charge on any atom is 0.250 e. The van der Waals surface area contributed by atoms with E-state index in [1.54, 1.807) is 6.21 Å². The minimum Gasteiger partial charge on any atom is -0.354 e. The van der Waals surface area contributed by atoms with Gasteiger partial charge in [-0.15, -0.1) is 0 Å². The number of hydrogen-bond acceptors (Lipinski definition) is 7. The summed E-state index contributed by atoms with van der Waals surface area (Å²) < 4.78 is 0. The molecule has 0 amide bonds. The number of hydrogen-bond donors (Lipinski definition) is 3. The van der Waals surface area contributed by atoms with Gasteiger partial charge in [-0.25, -0.2) is 5.43 Å². The van der Waals surface area contributed by atoms with Gasteiger partial charge in [-0.2, -0.15) is 20.1 Å². The Morgan fingerprint density at radius 1 is 0.913 bits per heavy atom. The monoisotopic (exact) mass is 311 g/mol. The number of allylic oxidation sites excluding steroid dienone is 1. The maximum absolute atomic E-state index is 4.25. The molecule has 2 aromatic rings. The molecule has 1 heterocycles. The van der Waals surface area contributed by atoms with Gasteiger partial charge in [-0.1, -0.05) is 36.4 Å². The minimum absolute atomic E-state index is 0.385. The van der Waals surface area contributed by atoms with E-state index in [2.05, 4.69) is 36.1 Å². The molecule has 0 bridgehead atoms. The van der Waals surface area contributed by atoms with Gasteiger partial charge in [-0.05, 0) is 25.5 Å². The smallest absolute Gasteiger partial charge is 0.250 e. The molecule has 1 aromatic carbocycles. The number of aromatic nitrogens is 3. The van der Waals surface area contributed by atoms with Crippen molar-refractivity contribution in [2.24, 2.45) is 5.10 Å². The molecule has 0 atom stereocenters. The molecule has 23 heavy (non-hydrogen) atoms. The van der Waals surface area contributed by atoms with Crippen LogP contribution in [-0.4, -0.2) is 34.3 Å². The van der Waals surface area contributed by atoms with Crippen molar-refractivity contribution >= 4 is 30.1 Å². The lowest BCUT2D eigenvalue weighted by molar-refractivity contribution is 0.992. The summed E-state index contributed by atoms with van der Waals surface area (Å²) in [5.74, 6) is 1.41. The number of nitrogens with zero attached hydrogens (tertiary/aromatic N) is 4. The van der Waals surface area contributed by atoms with Gasteiger partial charge >= 0.3 is 0 Å². The maximum atomic E-state index is 4.25. The van der Waals surface area contributed by atoms with Crippen LogP contribution in [0.2, 0.25) is 0 Å². The van der Waals surface area contributed by atoms with E-state index in [4.69, 9.17) is 0 Å². The second kappa shape index (κ2) is 9.14. The summed E-state index contributed by atoms with van der Waals surface area (Å²) >= 11 is 0. The topological polar surface area (TPSA) is 87.1 Å². The molecule has 2 rings (SSSR count). The Bertz CT molecular complexity index is 628. The van der Waals surface area contributed by atoms with Crippen LogP contribution in [0, 0.1) is 0 Å². The summed E-state index contributed by atoms with van der Waals surface area (Å²) in [6.07, 6.45) is 5.46. The van der Waals surface area contributed by atoms with Crippen LogP contribution >= 0.6 is 0 Å². The van der Waals surface area contributed by atoms with Gasteiger partial charge in [0.2, 0.25) is 17.8 Å². The van der Waals surface area contributed by atoms with Crippen molar-refractivity contribution in [2.45, 2.75) is 13.8 Å². The predicted octanol–water partition coefficient (Wildman–Crippen LogP) is 2.85. The predicted molar refractivity (Wildman–Crippen MR) is 95.7 cm³/mol. The Hall–Kier alpha value is -2.96. The lowest BCUT2D eigenvalue weighted by atomic mass is 10.2. The van der Waals surface area contributed by atoms with E-state index in [9.17, 15) is 0 Å². The first-order valence-electron chi connectivity index (χ1n) is 7.56. The van der Waals surface area contributed by atoms with Crippen LogP contribution in [0.3, 0.4) is 0 Å². The molecule has 0 radical (unpaired) electrons. The van der Waals surface area contributed by atoms with E-state index in [1.165, 1.54) is 0 Å². The number of rotatable bonds is 8. The van der Waals surface area contributed by atoms with Gasteiger partial charge in [-0.3, -0.25) is 0 Å². The fraction of sp³-hybridized carbons (Fsp3) is 0.250. The summed E-state index contributed by atoms with van der Waals surface area (Å²) in [5, 5.41) is 10.2. The molecular formula is C16H21N7. The zero-order valence-corrected chi connectivity index (χ0v) is 13.3. The lowest BCUT2D eigenvalue weighted by Gasteiger charge is -2.07. The van der Waals surface area contributed by atoms with Crippen LogP contribution in [0.15, 0.2) is 41.5 Å². The molecule has 1 aromatic heterocycles. The molecule has 0 saturated carbocycles. The molecule has 3 N–H and O–H groups in total. The van der Waals surface area contributed by atoms with Crippen LogP contribution in [0.25, 0.3) is 6.08 Å². The summed E-state index contributed by atoms with van der Waals surface area (Å²) in [7, 11) is 0. The van der Waals surface area contributed by atoms with Gasteiger partial charge in [0.1, 0.15) is 0 Å². The summed E-state index contributed by atoms with van der Waals surface area (Å²) in [6.45, 7) is 5.43. The number of hydrazone groups is 1. The van der Waals surface area contributed by atoms with Gasteiger partial charge in [0.15, 0.2) is 0 Å². The fourth-order valence-electron chi connectivity index (χ4n) is 1.76. The highest BCUT2D eigenvalue weighted by Gasteiger charge is 2.04. The van der Waals surface area contributed by atoms with Crippen LogP contribution in [0.1, 0.15) is 19.4 Å². The van der Waals surface area contributed by atoms with Crippen LogP contribution in [-0.2, 0) is 0 Å². The first kappa shape index (κ1) is 16.4. The number of benzene rings is 1. The molecule has 0 fully saturated rings. The Morgan fingerprint density at radius 2 is 1.52 bits per heavy atom. The van der Waals surface area contributed by atoms with E-state index in [-0.39, 0.29) is 0 Å². The lowest BCUT2D eigenvalue weighted by Crippen LogP contribution is -2.10. The minimum atomic E-state index is 0.385. The van der Waals surface area contributed by atoms with Crippen LogP contribution < -0.4 is 16.1 Å². The Morgan fingerprint density at radius 3 is 2.13 bits per heavy atom. The van der Waals surface area contributed by atoms with E-state index >= 15 is 0 Å². The number of anilines is 3. The molecule has 7 heteroatoms. The largest absolute Gasteiger partial charge is 0.354 e. The summed E-state index contributed by atoms with van der Waals surface area (Å²) in [5.41, 5.74) is 3.92. The van der Waals surface area contributed by atoms with E-state index in [0.717, 1.165) is 18.7 Å². The van der Waals surface area contributed by atoms with Crippen molar-refractivity contribution in [3.8, 4) is 0 Å². The van der Waals surface area contributed by atoms with Crippen molar-refractivity contribution in [3.63, 3.8) is 0 Å². The van der Waals surface area contributed by atoms with Crippen molar-refractivity contribution in [1.29, 1.82) is 0 Å². The van der Waals surface area contributed by atoms with Gasteiger partial charge < -0.3 is 10.6 Å². The highest BCUT2D eigenvalue weighted by atomic mass is 15.4. The van der Waals surface area contributed by atoms with Gasteiger partial charge in [0, 0.05) is 19.3 Å². The van der Waals surface area contributed by atoms with E-state index < -0.39 is 0 Å².